The van der Waals surface area contributed by atoms with Gasteiger partial charge in [0.25, 0.3) is 5.91 Å². The van der Waals surface area contributed by atoms with Gasteiger partial charge in [-0.2, -0.15) is 10.5 Å². The summed E-state index contributed by atoms with van der Waals surface area (Å²) in [5, 5.41) is 22.2. The smallest absolute Gasteiger partial charge is 0.415 e. The third-order valence-electron chi connectivity index (χ3n) is 6.75. The molecule has 1 aromatic carbocycles. The second-order valence-corrected chi connectivity index (χ2v) is 11.5. The van der Waals surface area contributed by atoms with Gasteiger partial charge in [-0.3, -0.25) is 9.69 Å². The van der Waals surface area contributed by atoms with Crippen molar-refractivity contribution in [2.75, 3.05) is 36.9 Å². The van der Waals surface area contributed by atoms with Crippen LogP contribution in [0.4, 0.5) is 20.6 Å². The van der Waals surface area contributed by atoms with Crippen LogP contribution in [0.25, 0.3) is 0 Å². The van der Waals surface area contributed by atoms with E-state index in [0.29, 0.717) is 36.2 Å². The molecule has 2 unspecified atom stereocenters. The van der Waals surface area contributed by atoms with E-state index < -0.39 is 29.1 Å². The molecule has 2 atom stereocenters. The summed E-state index contributed by atoms with van der Waals surface area (Å²) in [5.41, 5.74) is -0.147. The quantitative estimate of drug-likeness (QED) is 0.216. The van der Waals surface area contributed by atoms with Crippen LogP contribution >= 0.6 is 11.6 Å². The van der Waals surface area contributed by atoms with E-state index in [9.17, 15) is 19.2 Å². The average Bonchev–Trinajstić information content (AvgIpc) is 2.93. The number of likely N-dealkylation sites (N-methyl/N-ethyl adjacent to an activating group) is 1. The molecule has 1 heterocycles. The first kappa shape index (κ1) is 34.2. The number of halogens is 2. The highest BCUT2D eigenvalue weighted by Gasteiger charge is 2.38. The zero-order chi connectivity index (χ0) is 31.7. The molecule has 42 heavy (non-hydrogen) atoms. The molecule has 0 bridgehead atoms. The number of hydrogen-bond donors (Lipinski definition) is 1. The topological polar surface area (TPSA) is 119 Å². The molecule has 0 saturated heterocycles. The molecular formula is C31H39ClFN5O4. The number of hydrogen-bond acceptors (Lipinski definition) is 7. The minimum atomic E-state index is -1.07. The fourth-order valence-corrected chi connectivity index (χ4v) is 4.53. The van der Waals surface area contributed by atoms with Crippen LogP contribution in [-0.4, -0.2) is 55.3 Å². The van der Waals surface area contributed by atoms with Gasteiger partial charge in [0.2, 0.25) is 0 Å². The molecule has 11 heteroatoms. The highest BCUT2D eigenvalue weighted by molar-refractivity contribution is 6.33. The number of nitriles is 2. The van der Waals surface area contributed by atoms with E-state index in [4.69, 9.17) is 26.3 Å². The minimum absolute atomic E-state index is 0.0100. The van der Waals surface area contributed by atoms with E-state index in [1.54, 1.807) is 46.0 Å². The Labute approximate surface area is 252 Å². The van der Waals surface area contributed by atoms with Crippen LogP contribution in [0.3, 0.4) is 0 Å². The molecule has 0 radical (unpaired) electrons. The van der Waals surface area contributed by atoms with E-state index in [1.165, 1.54) is 28.9 Å². The summed E-state index contributed by atoms with van der Waals surface area (Å²) in [6, 6.07) is 7.43. The molecule has 2 rings (SSSR count). The monoisotopic (exact) mass is 599 g/mol. The van der Waals surface area contributed by atoms with Gasteiger partial charge in [0.1, 0.15) is 17.9 Å². The highest BCUT2D eigenvalue weighted by atomic mass is 35.5. The van der Waals surface area contributed by atoms with Crippen LogP contribution in [0.5, 0.6) is 5.75 Å². The summed E-state index contributed by atoms with van der Waals surface area (Å²) in [6.45, 7) is 12.3. The second kappa shape index (κ2) is 14.7. The molecule has 1 aromatic rings. The van der Waals surface area contributed by atoms with Gasteiger partial charge in [0, 0.05) is 19.7 Å². The standard InChI is InChI=1S/C31H39ClFN5O4/c1-8-22(11-10-21(3)33)18-31(9-2,20-35)12-15-37(7)28(39)27-19-38(29(40)42-30(4,5)6)25-16-23(32)24(36-14-13-34)17-26(25)41-27/h8,10-11,16-17,27,36H,1,9,12,14-15,18-19H2,2-7H3/b21-10+,22-11+. The molecule has 2 amide bonds. The highest BCUT2D eigenvalue weighted by Crippen LogP contribution is 2.41. The fourth-order valence-electron chi connectivity index (χ4n) is 4.31. The number of fused-ring (bicyclic) bond motifs is 1. The Morgan fingerprint density at radius 2 is 2.02 bits per heavy atom. The number of anilines is 2. The predicted octanol–water partition coefficient (Wildman–Crippen LogP) is 6.92. The van der Waals surface area contributed by atoms with Crippen LogP contribution in [-0.2, 0) is 9.53 Å². The molecule has 1 aliphatic heterocycles. The maximum absolute atomic E-state index is 13.6. The maximum Gasteiger partial charge on any atom is 0.415 e. The molecule has 0 fully saturated rings. The van der Waals surface area contributed by atoms with E-state index in [2.05, 4.69) is 18.0 Å². The molecule has 1 aliphatic rings. The molecular weight excluding hydrogens is 561 g/mol. The number of benzene rings is 1. The van der Waals surface area contributed by atoms with E-state index in [0.717, 1.165) is 0 Å². The molecule has 9 nitrogen and oxygen atoms in total. The first-order valence-electron chi connectivity index (χ1n) is 13.6. The van der Waals surface area contributed by atoms with E-state index >= 15 is 0 Å². The third-order valence-corrected chi connectivity index (χ3v) is 7.06. The van der Waals surface area contributed by atoms with Crippen molar-refractivity contribution in [3.05, 3.63) is 53.4 Å². The average molecular weight is 600 g/mol. The molecule has 0 aliphatic carbocycles. The van der Waals surface area contributed by atoms with Gasteiger partial charge in [-0.25, -0.2) is 9.18 Å². The Morgan fingerprint density at radius 1 is 1.33 bits per heavy atom. The first-order valence-corrected chi connectivity index (χ1v) is 14.0. The summed E-state index contributed by atoms with van der Waals surface area (Å²) in [6.07, 6.45) is 3.99. The summed E-state index contributed by atoms with van der Waals surface area (Å²) >= 11 is 6.40. The van der Waals surface area contributed by atoms with Crippen molar-refractivity contribution in [3.63, 3.8) is 0 Å². The number of ether oxygens (including phenoxy) is 2. The Bertz CT molecular complexity index is 1320. The Hall–Kier alpha value is -4.02. The fraction of sp³-hybridized carbons (Fsp3) is 0.484. The van der Waals surface area contributed by atoms with E-state index in [-0.39, 0.29) is 36.2 Å². The summed E-state index contributed by atoms with van der Waals surface area (Å²) in [5.74, 6) is -0.529. The summed E-state index contributed by atoms with van der Waals surface area (Å²) in [7, 11) is 1.61. The van der Waals surface area contributed by atoms with Crippen molar-refractivity contribution in [1.82, 2.24) is 4.90 Å². The predicted molar refractivity (Wildman–Crippen MR) is 162 cm³/mol. The van der Waals surface area contributed by atoms with Gasteiger partial charge >= 0.3 is 6.09 Å². The lowest BCUT2D eigenvalue weighted by molar-refractivity contribution is -0.137. The van der Waals surface area contributed by atoms with Crippen LogP contribution in [0.15, 0.2) is 48.3 Å². The number of nitrogens with one attached hydrogen (secondary N) is 1. The van der Waals surface area contributed by atoms with Crippen LogP contribution in [0.2, 0.25) is 5.02 Å². The lowest BCUT2D eigenvalue weighted by Gasteiger charge is -2.37. The SMILES string of the molecule is C=C/C(=C\C=C(/C)F)CC(C#N)(CC)CCN(C)C(=O)C1CN(C(=O)OC(C)(C)C)c2cc(Cl)c(NCC#N)cc2O1. The van der Waals surface area contributed by atoms with Crippen LogP contribution in [0.1, 0.15) is 53.9 Å². The number of amides is 2. The largest absolute Gasteiger partial charge is 0.476 e. The van der Waals surface area contributed by atoms with Gasteiger partial charge in [0.05, 0.1) is 46.3 Å². The van der Waals surface area contributed by atoms with Gasteiger partial charge in [-0.1, -0.05) is 37.3 Å². The van der Waals surface area contributed by atoms with Gasteiger partial charge in [-0.05, 0) is 64.7 Å². The number of nitrogens with zero attached hydrogens (tertiary/aromatic N) is 4. The van der Waals surface area contributed by atoms with Crippen LogP contribution in [0, 0.1) is 28.1 Å². The Balaban J connectivity index is 2.32. The van der Waals surface area contributed by atoms with Crippen molar-refractivity contribution in [3.8, 4) is 17.9 Å². The van der Waals surface area contributed by atoms with Crippen molar-refractivity contribution in [2.24, 2.45) is 5.41 Å². The first-order chi connectivity index (χ1) is 19.7. The molecule has 0 spiro atoms. The normalized spacial score (nSPS) is 16.6. The third kappa shape index (κ3) is 9.25. The van der Waals surface area contributed by atoms with Gasteiger partial charge in [0.15, 0.2) is 6.10 Å². The number of carbonyl (C=O) groups is 2. The summed E-state index contributed by atoms with van der Waals surface area (Å²) < 4.78 is 24.9. The number of allylic oxidation sites excluding steroid dienone is 5. The van der Waals surface area contributed by atoms with Crippen LogP contribution < -0.4 is 15.0 Å². The molecule has 0 aromatic heterocycles. The Morgan fingerprint density at radius 3 is 2.57 bits per heavy atom. The Kier molecular flexibility index (Phi) is 12.0. The van der Waals surface area contributed by atoms with E-state index in [1.807, 2.05) is 13.0 Å². The molecule has 1 N–H and O–H groups in total. The lowest BCUT2D eigenvalue weighted by atomic mass is 9.77. The van der Waals surface area contributed by atoms with Crippen molar-refractivity contribution in [1.29, 1.82) is 10.5 Å². The van der Waals surface area contributed by atoms with Gasteiger partial charge in [-0.15, -0.1) is 0 Å². The zero-order valence-electron chi connectivity index (χ0n) is 25.1. The second-order valence-electron chi connectivity index (χ2n) is 11.1. The van der Waals surface area contributed by atoms with Crippen molar-refractivity contribution in [2.45, 2.75) is 65.6 Å². The number of carbonyl (C=O) groups excluding carboxylic acids is 2. The number of rotatable bonds is 11. The lowest BCUT2D eigenvalue weighted by Crippen LogP contribution is -2.52. The molecule has 226 valence electrons. The minimum Gasteiger partial charge on any atom is -0.476 e. The van der Waals surface area contributed by atoms with Crippen molar-refractivity contribution < 1.29 is 23.5 Å². The summed E-state index contributed by atoms with van der Waals surface area (Å²) in [4.78, 5) is 29.6. The van der Waals surface area contributed by atoms with Crippen molar-refractivity contribution >= 4 is 35.0 Å². The zero-order valence-corrected chi connectivity index (χ0v) is 25.8. The molecule has 0 saturated carbocycles. The van der Waals surface area contributed by atoms with Gasteiger partial charge < -0.3 is 19.7 Å². The maximum atomic E-state index is 13.6.